The van der Waals surface area contributed by atoms with Crippen molar-refractivity contribution >= 4 is 11.7 Å². The van der Waals surface area contributed by atoms with Crippen LogP contribution in [-0.4, -0.2) is 49.3 Å². The van der Waals surface area contributed by atoms with Crippen LogP contribution in [0.1, 0.15) is 56.3 Å². The summed E-state index contributed by atoms with van der Waals surface area (Å²) in [7, 11) is 0. The van der Waals surface area contributed by atoms with Crippen LogP contribution in [0.3, 0.4) is 0 Å². The van der Waals surface area contributed by atoms with Gasteiger partial charge >= 0.3 is 0 Å². The molecule has 4 unspecified atom stereocenters. The van der Waals surface area contributed by atoms with Crippen LogP contribution in [0.5, 0.6) is 5.75 Å². The van der Waals surface area contributed by atoms with E-state index >= 15 is 0 Å². The van der Waals surface area contributed by atoms with Gasteiger partial charge in [-0.3, -0.25) is 9.59 Å². The average Bonchev–Trinajstić information content (AvgIpc) is 3.41. The molecule has 2 aliphatic heterocycles. The van der Waals surface area contributed by atoms with Crippen LogP contribution >= 0.6 is 0 Å². The van der Waals surface area contributed by atoms with Gasteiger partial charge in [0.25, 0.3) is 0 Å². The van der Waals surface area contributed by atoms with Crippen LogP contribution in [0, 0.1) is 11.8 Å². The lowest BCUT2D eigenvalue weighted by Gasteiger charge is -2.18. The molecule has 1 aliphatic carbocycles. The molecule has 3 fully saturated rings. The summed E-state index contributed by atoms with van der Waals surface area (Å²) in [5.41, 5.74) is 0.661. The molecule has 29 heavy (non-hydrogen) atoms. The summed E-state index contributed by atoms with van der Waals surface area (Å²) in [6.07, 6.45) is 4.09. The Morgan fingerprint density at radius 1 is 1.14 bits per heavy atom. The van der Waals surface area contributed by atoms with Crippen LogP contribution in [-0.2, 0) is 14.3 Å². The van der Waals surface area contributed by atoms with E-state index in [2.05, 4.69) is 19.2 Å². The normalized spacial score (nSPS) is 28.4. The summed E-state index contributed by atoms with van der Waals surface area (Å²) in [5, 5.41) is 3.06. The maximum Gasteiger partial charge on any atom is 0.223 e. The van der Waals surface area contributed by atoms with E-state index in [4.69, 9.17) is 14.2 Å². The maximum absolute atomic E-state index is 12.9. The number of ketones is 1. The fraction of sp³-hybridized carbons (Fsp3) is 0.652. The molecule has 0 bridgehead atoms. The standard InChI is InChI=1S/C23H31NO5/c1-3-17(4-2)29-18-7-5-6-15(10-18)20(25)11-16-12-27-22-19(13-28-21(16)22)24-23(26)14-8-9-14/h5-7,10,14,16-17,19,21-22H,3-4,8-9,11-13H2,1-2H3,(H,24,26). The smallest absolute Gasteiger partial charge is 0.223 e. The number of hydrogen-bond donors (Lipinski definition) is 1. The summed E-state index contributed by atoms with van der Waals surface area (Å²) in [6, 6.07) is 7.34. The minimum absolute atomic E-state index is 0.0129. The van der Waals surface area contributed by atoms with Crippen molar-refractivity contribution in [2.75, 3.05) is 13.2 Å². The Balaban J connectivity index is 1.34. The van der Waals surface area contributed by atoms with Gasteiger partial charge in [-0.1, -0.05) is 26.0 Å². The van der Waals surface area contributed by atoms with Gasteiger partial charge < -0.3 is 19.5 Å². The van der Waals surface area contributed by atoms with Crippen LogP contribution in [0.25, 0.3) is 0 Å². The lowest BCUT2D eigenvalue weighted by molar-refractivity contribution is -0.123. The molecule has 1 saturated carbocycles. The molecule has 4 rings (SSSR count). The van der Waals surface area contributed by atoms with Gasteiger partial charge in [0.1, 0.15) is 11.9 Å². The second kappa shape index (κ2) is 8.84. The summed E-state index contributed by atoms with van der Waals surface area (Å²) in [5.74, 6) is 1.10. The van der Waals surface area contributed by atoms with Gasteiger partial charge in [-0.25, -0.2) is 0 Å². The van der Waals surface area contributed by atoms with Crippen molar-refractivity contribution in [1.29, 1.82) is 0 Å². The van der Waals surface area contributed by atoms with Crippen molar-refractivity contribution in [3.8, 4) is 5.75 Å². The molecule has 2 saturated heterocycles. The van der Waals surface area contributed by atoms with Crippen LogP contribution in [0.4, 0.5) is 0 Å². The lowest BCUT2D eigenvalue weighted by atomic mass is 9.92. The van der Waals surface area contributed by atoms with E-state index in [0.717, 1.165) is 31.4 Å². The third-order valence-electron chi connectivity index (χ3n) is 6.25. The number of rotatable bonds is 9. The third kappa shape index (κ3) is 4.64. The molecule has 0 aromatic heterocycles. The summed E-state index contributed by atoms with van der Waals surface area (Å²) in [6.45, 7) is 5.14. The topological polar surface area (TPSA) is 73.9 Å². The van der Waals surface area contributed by atoms with E-state index in [9.17, 15) is 9.59 Å². The predicted molar refractivity (Wildman–Crippen MR) is 108 cm³/mol. The lowest BCUT2D eigenvalue weighted by Crippen LogP contribution is -2.44. The third-order valence-corrected chi connectivity index (χ3v) is 6.25. The van der Waals surface area contributed by atoms with E-state index in [1.54, 1.807) is 0 Å². The van der Waals surface area contributed by atoms with Gasteiger partial charge in [-0.05, 0) is 37.8 Å². The first-order valence-corrected chi connectivity index (χ1v) is 10.9. The molecule has 6 nitrogen and oxygen atoms in total. The second-order valence-corrected chi connectivity index (χ2v) is 8.46. The number of nitrogens with one attached hydrogen (secondary N) is 1. The number of carbonyl (C=O) groups is 2. The molecule has 6 heteroatoms. The molecule has 3 aliphatic rings. The van der Waals surface area contributed by atoms with Gasteiger partial charge in [0, 0.05) is 23.8 Å². The molecular formula is C23H31NO5. The molecule has 4 atom stereocenters. The number of carbonyl (C=O) groups excluding carboxylic acids is 2. The van der Waals surface area contributed by atoms with Crippen molar-refractivity contribution in [3.63, 3.8) is 0 Å². The van der Waals surface area contributed by atoms with Crippen molar-refractivity contribution in [2.24, 2.45) is 11.8 Å². The average molecular weight is 402 g/mol. The molecule has 1 aromatic carbocycles. The number of Topliss-reactive ketones (excluding diaryl/α,β-unsaturated/α-hetero) is 1. The number of fused-ring (bicyclic) bond motifs is 1. The number of hydrogen-bond acceptors (Lipinski definition) is 5. The first-order valence-electron chi connectivity index (χ1n) is 10.9. The van der Waals surface area contributed by atoms with Crippen LogP contribution < -0.4 is 10.1 Å². The zero-order chi connectivity index (χ0) is 20.4. The zero-order valence-corrected chi connectivity index (χ0v) is 17.3. The number of amides is 1. The van der Waals surface area contributed by atoms with E-state index in [1.165, 1.54) is 0 Å². The second-order valence-electron chi connectivity index (χ2n) is 8.46. The molecule has 2 heterocycles. The summed E-state index contributed by atoms with van der Waals surface area (Å²) in [4.78, 5) is 24.9. The fourth-order valence-electron chi connectivity index (χ4n) is 4.27. The Morgan fingerprint density at radius 2 is 1.90 bits per heavy atom. The van der Waals surface area contributed by atoms with E-state index in [0.29, 0.717) is 25.2 Å². The Kier molecular flexibility index (Phi) is 6.20. The van der Waals surface area contributed by atoms with Gasteiger partial charge in [0.05, 0.1) is 31.5 Å². The van der Waals surface area contributed by atoms with Crippen molar-refractivity contribution < 1.29 is 23.8 Å². The summed E-state index contributed by atoms with van der Waals surface area (Å²) < 4.78 is 17.8. The van der Waals surface area contributed by atoms with E-state index < -0.39 is 0 Å². The summed E-state index contributed by atoms with van der Waals surface area (Å²) >= 11 is 0. The van der Waals surface area contributed by atoms with Crippen molar-refractivity contribution in [3.05, 3.63) is 29.8 Å². The fourth-order valence-corrected chi connectivity index (χ4v) is 4.27. The van der Waals surface area contributed by atoms with Gasteiger partial charge in [-0.15, -0.1) is 0 Å². The molecule has 0 spiro atoms. The van der Waals surface area contributed by atoms with Gasteiger partial charge in [-0.2, -0.15) is 0 Å². The molecule has 1 amide bonds. The first-order chi connectivity index (χ1) is 14.1. The van der Waals surface area contributed by atoms with Crippen LogP contribution in [0.15, 0.2) is 24.3 Å². The number of ether oxygens (including phenoxy) is 3. The Labute approximate surface area is 172 Å². The Hall–Kier alpha value is -1.92. The number of benzene rings is 1. The highest BCUT2D eigenvalue weighted by molar-refractivity contribution is 5.96. The van der Waals surface area contributed by atoms with Crippen LogP contribution in [0.2, 0.25) is 0 Å². The molecule has 0 radical (unpaired) electrons. The monoisotopic (exact) mass is 401 g/mol. The maximum atomic E-state index is 12.9. The minimum Gasteiger partial charge on any atom is -0.490 e. The predicted octanol–water partition coefficient (Wildman–Crippen LogP) is 3.14. The van der Waals surface area contributed by atoms with Crippen molar-refractivity contribution in [1.82, 2.24) is 5.32 Å². The Bertz CT molecular complexity index is 743. The quantitative estimate of drug-likeness (QED) is 0.644. The Morgan fingerprint density at radius 3 is 2.62 bits per heavy atom. The van der Waals surface area contributed by atoms with Crippen molar-refractivity contribution in [2.45, 2.75) is 70.3 Å². The molecular weight excluding hydrogens is 370 g/mol. The minimum atomic E-state index is -0.153. The van der Waals surface area contributed by atoms with Gasteiger partial charge in [0.15, 0.2) is 5.78 Å². The molecule has 1 N–H and O–H groups in total. The highest BCUT2D eigenvalue weighted by Gasteiger charge is 2.49. The first kappa shape index (κ1) is 20.4. The molecule has 158 valence electrons. The zero-order valence-electron chi connectivity index (χ0n) is 17.3. The van der Waals surface area contributed by atoms with E-state index in [1.807, 2.05) is 24.3 Å². The van der Waals surface area contributed by atoms with Gasteiger partial charge in [0.2, 0.25) is 5.91 Å². The SMILES string of the molecule is CCC(CC)Oc1cccc(C(=O)CC2COC3C(NC(=O)C4CC4)COC23)c1. The van der Waals surface area contributed by atoms with E-state index in [-0.39, 0.29) is 47.9 Å². The highest BCUT2D eigenvalue weighted by Crippen LogP contribution is 2.35. The highest BCUT2D eigenvalue weighted by atomic mass is 16.6. The largest absolute Gasteiger partial charge is 0.490 e. The molecule has 1 aromatic rings.